The summed E-state index contributed by atoms with van der Waals surface area (Å²) in [6, 6.07) is 10.9. The van der Waals surface area contributed by atoms with Gasteiger partial charge in [-0.3, -0.25) is 0 Å². The summed E-state index contributed by atoms with van der Waals surface area (Å²) in [5, 5.41) is 0. The Labute approximate surface area is 125 Å². The van der Waals surface area contributed by atoms with Gasteiger partial charge in [0.05, 0.1) is 0 Å². The summed E-state index contributed by atoms with van der Waals surface area (Å²) in [4.78, 5) is 0. The molecule has 2 N–H and O–H groups in total. The van der Waals surface area contributed by atoms with Crippen LogP contribution in [0.15, 0.2) is 36.4 Å². The maximum atomic E-state index is 13.7. The van der Waals surface area contributed by atoms with Crippen molar-refractivity contribution in [3.05, 3.63) is 58.9 Å². The largest absolute Gasteiger partial charge is 0.457 e. The summed E-state index contributed by atoms with van der Waals surface area (Å²) >= 11 is 0. The number of hydrogen-bond acceptors (Lipinski definition) is 2. The molecular formula is C18H22FNO. The number of aryl methyl sites for hydroxylation is 2. The SMILES string of the molecule is CCCc1ccc(Oc2cc(C)c(F)cc2C(C)N)cc1. The van der Waals surface area contributed by atoms with Gasteiger partial charge in [0, 0.05) is 11.6 Å². The summed E-state index contributed by atoms with van der Waals surface area (Å²) in [5.74, 6) is 1.10. The Morgan fingerprint density at radius 1 is 1.19 bits per heavy atom. The lowest BCUT2D eigenvalue weighted by atomic mass is 10.0. The van der Waals surface area contributed by atoms with Crippen molar-refractivity contribution in [3.8, 4) is 11.5 Å². The highest BCUT2D eigenvalue weighted by atomic mass is 19.1. The Hall–Kier alpha value is -1.87. The van der Waals surface area contributed by atoms with E-state index < -0.39 is 0 Å². The van der Waals surface area contributed by atoms with Crippen LogP contribution in [-0.4, -0.2) is 0 Å². The van der Waals surface area contributed by atoms with Crippen molar-refractivity contribution in [2.24, 2.45) is 5.73 Å². The number of ether oxygens (including phenoxy) is 1. The van der Waals surface area contributed by atoms with Crippen molar-refractivity contribution in [1.29, 1.82) is 0 Å². The molecule has 0 saturated carbocycles. The maximum absolute atomic E-state index is 13.7. The highest BCUT2D eigenvalue weighted by Gasteiger charge is 2.13. The van der Waals surface area contributed by atoms with Crippen LogP contribution in [0.3, 0.4) is 0 Å². The van der Waals surface area contributed by atoms with Gasteiger partial charge >= 0.3 is 0 Å². The number of benzene rings is 2. The van der Waals surface area contributed by atoms with Crippen molar-refractivity contribution in [2.45, 2.75) is 39.7 Å². The first-order chi connectivity index (χ1) is 10.0. The van der Waals surface area contributed by atoms with Crippen molar-refractivity contribution in [3.63, 3.8) is 0 Å². The van der Waals surface area contributed by atoms with Gasteiger partial charge in [-0.2, -0.15) is 0 Å². The van der Waals surface area contributed by atoms with E-state index in [1.165, 1.54) is 11.6 Å². The van der Waals surface area contributed by atoms with Gasteiger partial charge in [-0.1, -0.05) is 25.5 Å². The molecule has 0 spiro atoms. The molecule has 2 aromatic carbocycles. The van der Waals surface area contributed by atoms with E-state index in [-0.39, 0.29) is 11.9 Å². The predicted molar refractivity (Wildman–Crippen MR) is 84.3 cm³/mol. The standard InChI is InChI=1S/C18H22FNO/c1-4-5-14-6-8-15(9-7-14)21-18-10-12(2)17(19)11-16(18)13(3)20/h6-11,13H,4-5,20H2,1-3H3. The average molecular weight is 287 g/mol. The molecule has 0 aliphatic heterocycles. The van der Waals surface area contributed by atoms with Crippen molar-refractivity contribution in [2.75, 3.05) is 0 Å². The summed E-state index contributed by atoms with van der Waals surface area (Å²) in [6.07, 6.45) is 2.17. The third-order valence-corrected chi connectivity index (χ3v) is 3.47. The van der Waals surface area contributed by atoms with Gasteiger partial charge in [0.1, 0.15) is 17.3 Å². The molecule has 1 atom stereocenters. The van der Waals surface area contributed by atoms with Crippen LogP contribution >= 0.6 is 0 Å². The topological polar surface area (TPSA) is 35.2 Å². The lowest BCUT2D eigenvalue weighted by Crippen LogP contribution is -2.08. The zero-order valence-electron chi connectivity index (χ0n) is 12.8. The molecule has 0 aromatic heterocycles. The minimum atomic E-state index is -0.283. The molecular weight excluding hydrogens is 265 g/mol. The number of rotatable bonds is 5. The number of nitrogens with two attached hydrogens (primary N) is 1. The smallest absolute Gasteiger partial charge is 0.132 e. The van der Waals surface area contributed by atoms with Crippen molar-refractivity contribution < 1.29 is 9.13 Å². The van der Waals surface area contributed by atoms with Gasteiger partial charge < -0.3 is 10.5 Å². The van der Waals surface area contributed by atoms with E-state index in [0.717, 1.165) is 18.6 Å². The van der Waals surface area contributed by atoms with Crippen LogP contribution in [0, 0.1) is 12.7 Å². The summed E-state index contributed by atoms with van der Waals surface area (Å²) in [7, 11) is 0. The van der Waals surface area contributed by atoms with Crippen LogP contribution < -0.4 is 10.5 Å². The average Bonchev–Trinajstić information content (AvgIpc) is 2.44. The summed E-state index contributed by atoms with van der Waals surface area (Å²) < 4.78 is 19.6. The quantitative estimate of drug-likeness (QED) is 0.849. The first-order valence-electron chi connectivity index (χ1n) is 7.33. The molecule has 2 aromatic rings. The van der Waals surface area contributed by atoms with E-state index in [9.17, 15) is 4.39 Å². The van der Waals surface area contributed by atoms with Crippen molar-refractivity contribution >= 4 is 0 Å². The number of hydrogen-bond donors (Lipinski definition) is 1. The molecule has 0 heterocycles. The third-order valence-electron chi connectivity index (χ3n) is 3.47. The van der Waals surface area contributed by atoms with E-state index in [2.05, 4.69) is 19.1 Å². The van der Waals surface area contributed by atoms with Crippen LogP contribution in [0.4, 0.5) is 4.39 Å². The molecule has 2 rings (SSSR count). The molecule has 0 fully saturated rings. The molecule has 0 bridgehead atoms. The lowest BCUT2D eigenvalue weighted by Gasteiger charge is -2.15. The molecule has 0 amide bonds. The highest BCUT2D eigenvalue weighted by Crippen LogP contribution is 2.31. The monoisotopic (exact) mass is 287 g/mol. The molecule has 2 nitrogen and oxygen atoms in total. The Morgan fingerprint density at radius 2 is 1.86 bits per heavy atom. The van der Waals surface area contributed by atoms with Crippen LogP contribution in [0.2, 0.25) is 0 Å². The molecule has 3 heteroatoms. The Morgan fingerprint density at radius 3 is 2.43 bits per heavy atom. The normalized spacial score (nSPS) is 12.2. The first-order valence-corrected chi connectivity index (χ1v) is 7.33. The Kier molecular flexibility index (Phi) is 4.97. The minimum Gasteiger partial charge on any atom is -0.457 e. The molecule has 21 heavy (non-hydrogen) atoms. The molecule has 0 aliphatic rings. The van der Waals surface area contributed by atoms with E-state index in [1.54, 1.807) is 13.0 Å². The van der Waals surface area contributed by atoms with E-state index >= 15 is 0 Å². The molecule has 112 valence electrons. The van der Waals surface area contributed by atoms with Gasteiger partial charge in [-0.25, -0.2) is 4.39 Å². The van der Waals surface area contributed by atoms with E-state index in [0.29, 0.717) is 16.9 Å². The predicted octanol–water partition coefficient (Wildman–Crippen LogP) is 4.90. The fraction of sp³-hybridized carbons (Fsp3) is 0.333. The van der Waals surface area contributed by atoms with Gasteiger partial charge in [0.15, 0.2) is 0 Å². The second-order valence-corrected chi connectivity index (χ2v) is 5.42. The van der Waals surface area contributed by atoms with Gasteiger partial charge in [-0.05, 0) is 55.7 Å². The minimum absolute atomic E-state index is 0.257. The van der Waals surface area contributed by atoms with Gasteiger partial charge in [0.25, 0.3) is 0 Å². The summed E-state index contributed by atoms with van der Waals surface area (Å²) in [5.41, 5.74) is 8.42. The fourth-order valence-corrected chi connectivity index (χ4v) is 2.25. The Balaban J connectivity index is 2.28. The van der Waals surface area contributed by atoms with Crippen LogP contribution in [0.1, 0.15) is 43.0 Å². The van der Waals surface area contributed by atoms with Crippen LogP contribution in [-0.2, 0) is 6.42 Å². The fourth-order valence-electron chi connectivity index (χ4n) is 2.25. The molecule has 0 saturated heterocycles. The zero-order valence-corrected chi connectivity index (χ0v) is 12.8. The Bertz CT molecular complexity index is 605. The van der Waals surface area contributed by atoms with Gasteiger partial charge in [-0.15, -0.1) is 0 Å². The molecule has 0 radical (unpaired) electrons. The maximum Gasteiger partial charge on any atom is 0.132 e. The second-order valence-electron chi connectivity index (χ2n) is 5.42. The van der Waals surface area contributed by atoms with Crippen LogP contribution in [0.5, 0.6) is 11.5 Å². The van der Waals surface area contributed by atoms with Crippen LogP contribution in [0.25, 0.3) is 0 Å². The molecule has 1 unspecified atom stereocenters. The lowest BCUT2D eigenvalue weighted by molar-refractivity contribution is 0.468. The molecule has 0 aliphatic carbocycles. The van der Waals surface area contributed by atoms with Gasteiger partial charge in [0.2, 0.25) is 0 Å². The van der Waals surface area contributed by atoms with E-state index in [4.69, 9.17) is 10.5 Å². The van der Waals surface area contributed by atoms with Crippen molar-refractivity contribution in [1.82, 2.24) is 0 Å². The highest BCUT2D eigenvalue weighted by molar-refractivity contribution is 5.43. The zero-order chi connectivity index (χ0) is 15.4. The van der Waals surface area contributed by atoms with E-state index in [1.807, 2.05) is 19.1 Å². The first kappa shape index (κ1) is 15.5. The summed E-state index contributed by atoms with van der Waals surface area (Å²) in [6.45, 7) is 5.69. The second kappa shape index (κ2) is 6.72. The third kappa shape index (κ3) is 3.82. The number of halogens is 1.